The second-order valence-electron chi connectivity index (χ2n) is 6.22. The zero-order chi connectivity index (χ0) is 17.2. The highest BCUT2D eigenvalue weighted by molar-refractivity contribution is 14.0. The molecule has 7 heteroatoms. The lowest BCUT2D eigenvalue weighted by Crippen LogP contribution is -2.44. The number of hydrogen-bond donors (Lipinski definition) is 2. The normalized spacial score (nSPS) is 16.8. The third kappa shape index (κ3) is 9.08. The van der Waals surface area contributed by atoms with Gasteiger partial charge in [0.2, 0.25) is 0 Å². The van der Waals surface area contributed by atoms with Crippen LogP contribution in [0, 0.1) is 5.92 Å². The molecule has 0 aromatic heterocycles. The molecule has 0 bridgehead atoms. The average Bonchev–Trinajstić information content (AvgIpc) is 2.58. The lowest BCUT2D eigenvalue weighted by Gasteiger charge is -2.29. The molecule has 1 aliphatic rings. The van der Waals surface area contributed by atoms with Gasteiger partial charge in [-0.15, -0.1) is 24.0 Å². The van der Waals surface area contributed by atoms with E-state index < -0.39 is 0 Å². The summed E-state index contributed by atoms with van der Waals surface area (Å²) in [5.41, 5.74) is 1.11. The SMILES string of the molecule is CCNC(=NCc1cccc(Cl)c1)NCC(C)CN1CCOCC1.I. The fourth-order valence-electron chi connectivity index (χ4n) is 2.71. The lowest BCUT2D eigenvalue weighted by molar-refractivity contribution is 0.0320. The highest BCUT2D eigenvalue weighted by Crippen LogP contribution is 2.11. The number of aliphatic imine (C=N–C) groups is 1. The van der Waals surface area contributed by atoms with E-state index in [4.69, 9.17) is 16.3 Å². The third-order valence-corrected chi connectivity index (χ3v) is 4.18. The summed E-state index contributed by atoms with van der Waals surface area (Å²) >= 11 is 6.02. The molecule has 2 rings (SSSR count). The molecule has 0 amide bonds. The zero-order valence-electron chi connectivity index (χ0n) is 15.1. The number of rotatable bonds is 7. The Balaban J connectivity index is 0.00000312. The number of hydrogen-bond acceptors (Lipinski definition) is 3. The molecule has 142 valence electrons. The van der Waals surface area contributed by atoms with Crippen molar-refractivity contribution in [3.63, 3.8) is 0 Å². The Morgan fingerprint density at radius 2 is 2.08 bits per heavy atom. The molecule has 0 radical (unpaired) electrons. The summed E-state index contributed by atoms with van der Waals surface area (Å²) in [4.78, 5) is 7.11. The van der Waals surface area contributed by atoms with E-state index in [1.165, 1.54) is 0 Å². The maximum atomic E-state index is 6.02. The predicted molar refractivity (Wildman–Crippen MR) is 116 cm³/mol. The van der Waals surface area contributed by atoms with E-state index in [9.17, 15) is 0 Å². The molecule has 1 heterocycles. The fraction of sp³-hybridized carbons (Fsp3) is 0.611. The molecule has 5 nitrogen and oxygen atoms in total. The number of morpholine rings is 1. The van der Waals surface area contributed by atoms with Crippen molar-refractivity contribution < 1.29 is 4.74 Å². The van der Waals surface area contributed by atoms with Gasteiger partial charge in [-0.1, -0.05) is 30.7 Å². The smallest absolute Gasteiger partial charge is 0.191 e. The molecular weight excluding hydrogens is 451 g/mol. The predicted octanol–water partition coefficient (Wildman–Crippen LogP) is 2.98. The standard InChI is InChI=1S/C18H29ClN4O.HI/c1-3-20-18(22-13-16-5-4-6-17(19)11-16)21-12-15(2)14-23-7-9-24-10-8-23;/h4-6,11,15H,3,7-10,12-14H2,1-2H3,(H2,20,21,22);1H. The number of nitrogens with zero attached hydrogens (tertiary/aromatic N) is 2. The molecule has 1 unspecified atom stereocenters. The van der Waals surface area contributed by atoms with Crippen LogP contribution in [0.4, 0.5) is 0 Å². The number of ether oxygens (including phenoxy) is 1. The molecule has 1 atom stereocenters. The molecule has 1 aromatic rings. The van der Waals surface area contributed by atoms with Gasteiger partial charge < -0.3 is 15.4 Å². The molecule has 1 saturated heterocycles. The molecule has 1 aromatic carbocycles. The van der Waals surface area contributed by atoms with Crippen molar-refractivity contribution in [2.24, 2.45) is 10.9 Å². The topological polar surface area (TPSA) is 48.9 Å². The first-order valence-electron chi connectivity index (χ1n) is 8.74. The Morgan fingerprint density at radius 3 is 2.76 bits per heavy atom. The van der Waals surface area contributed by atoms with Crippen LogP contribution in [-0.2, 0) is 11.3 Å². The largest absolute Gasteiger partial charge is 0.379 e. The van der Waals surface area contributed by atoms with E-state index in [1.807, 2.05) is 24.3 Å². The second-order valence-corrected chi connectivity index (χ2v) is 6.66. The molecule has 1 fully saturated rings. The van der Waals surface area contributed by atoms with Crippen molar-refractivity contribution in [3.05, 3.63) is 34.9 Å². The Morgan fingerprint density at radius 1 is 1.32 bits per heavy atom. The summed E-state index contributed by atoms with van der Waals surface area (Å²) in [6.07, 6.45) is 0. The molecule has 25 heavy (non-hydrogen) atoms. The number of benzene rings is 1. The average molecular weight is 481 g/mol. The summed E-state index contributed by atoms with van der Waals surface area (Å²) in [5.74, 6) is 1.41. The molecule has 0 aliphatic carbocycles. The summed E-state index contributed by atoms with van der Waals surface area (Å²) in [5, 5.41) is 7.49. The van der Waals surface area contributed by atoms with E-state index >= 15 is 0 Å². The Kier molecular flexibility index (Phi) is 11.4. The van der Waals surface area contributed by atoms with E-state index in [1.54, 1.807) is 0 Å². The maximum Gasteiger partial charge on any atom is 0.191 e. The van der Waals surface area contributed by atoms with Crippen molar-refractivity contribution in [2.45, 2.75) is 20.4 Å². The van der Waals surface area contributed by atoms with Gasteiger partial charge in [-0.25, -0.2) is 4.99 Å². The Hall–Kier alpha value is -0.570. The van der Waals surface area contributed by atoms with Gasteiger partial charge in [0.25, 0.3) is 0 Å². The molecule has 0 saturated carbocycles. The van der Waals surface area contributed by atoms with Crippen LogP contribution >= 0.6 is 35.6 Å². The van der Waals surface area contributed by atoms with E-state index in [0.29, 0.717) is 12.5 Å². The highest BCUT2D eigenvalue weighted by Gasteiger charge is 2.13. The maximum absolute atomic E-state index is 6.02. The zero-order valence-corrected chi connectivity index (χ0v) is 18.2. The van der Waals surface area contributed by atoms with Gasteiger partial charge in [0.05, 0.1) is 19.8 Å². The van der Waals surface area contributed by atoms with Crippen molar-refractivity contribution in [3.8, 4) is 0 Å². The Labute approximate surface area is 173 Å². The lowest BCUT2D eigenvalue weighted by atomic mass is 10.1. The number of halogens is 2. The van der Waals surface area contributed by atoms with Crippen LogP contribution in [0.1, 0.15) is 19.4 Å². The van der Waals surface area contributed by atoms with Gasteiger partial charge in [-0.3, -0.25) is 4.90 Å². The minimum atomic E-state index is 0. The van der Waals surface area contributed by atoms with Crippen molar-refractivity contribution >= 4 is 41.5 Å². The van der Waals surface area contributed by atoms with Gasteiger partial charge in [0.15, 0.2) is 5.96 Å². The molecule has 1 aliphatic heterocycles. The van der Waals surface area contributed by atoms with Gasteiger partial charge in [0, 0.05) is 37.7 Å². The minimum absolute atomic E-state index is 0. The van der Waals surface area contributed by atoms with Crippen LogP contribution < -0.4 is 10.6 Å². The molecule has 2 N–H and O–H groups in total. The van der Waals surface area contributed by atoms with Crippen LogP contribution in [0.5, 0.6) is 0 Å². The first-order chi connectivity index (χ1) is 11.7. The van der Waals surface area contributed by atoms with Gasteiger partial charge >= 0.3 is 0 Å². The van der Waals surface area contributed by atoms with Gasteiger partial charge in [-0.2, -0.15) is 0 Å². The van der Waals surface area contributed by atoms with Gasteiger partial charge in [-0.05, 0) is 30.5 Å². The quantitative estimate of drug-likeness (QED) is 0.358. The molecular formula is C18H30ClIN4O. The van der Waals surface area contributed by atoms with E-state index in [2.05, 4.69) is 34.4 Å². The summed E-state index contributed by atoms with van der Waals surface area (Å²) in [6, 6.07) is 7.83. The van der Waals surface area contributed by atoms with Crippen molar-refractivity contribution in [1.82, 2.24) is 15.5 Å². The first-order valence-corrected chi connectivity index (χ1v) is 9.12. The summed E-state index contributed by atoms with van der Waals surface area (Å²) < 4.78 is 5.40. The van der Waals surface area contributed by atoms with Crippen LogP contribution in [0.2, 0.25) is 5.02 Å². The minimum Gasteiger partial charge on any atom is -0.379 e. The number of guanidine groups is 1. The highest BCUT2D eigenvalue weighted by atomic mass is 127. The van der Waals surface area contributed by atoms with E-state index in [-0.39, 0.29) is 24.0 Å². The molecule has 0 spiro atoms. The van der Waals surface area contributed by atoms with Gasteiger partial charge in [0.1, 0.15) is 0 Å². The summed E-state index contributed by atoms with van der Waals surface area (Å²) in [7, 11) is 0. The van der Waals surface area contributed by atoms with Crippen LogP contribution in [-0.4, -0.2) is 56.8 Å². The second kappa shape index (κ2) is 12.7. The van der Waals surface area contributed by atoms with Crippen molar-refractivity contribution in [2.75, 3.05) is 45.9 Å². The monoisotopic (exact) mass is 480 g/mol. The van der Waals surface area contributed by atoms with Crippen molar-refractivity contribution in [1.29, 1.82) is 0 Å². The van der Waals surface area contributed by atoms with Crippen LogP contribution in [0.15, 0.2) is 29.3 Å². The fourth-order valence-corrected chi connectivity index (χ4v) is 2.92. The third-order valence-electron chi connectivity index (χ3n) is 3.94. The van der Waals surface area contributed by atoms with Crippen LogP contribution in [0.3, 0.4) is 0 Å². The summed E-state index contributed by atoms with van der Waals surface area (Å²) in [6.45, 7) is 11.6. The van der Waals surface area contributed by atoms with E-state index in [0.717, 1.165) is 62.5 Å². The Bertz CT molecular complexity index is 524. The van der Waals surface area contributed by atoms with Crippen LogP contribution in [0.25, 0.3) is 0 Å². The first kappa shape index (κ1) is 22.5. The number of nitrogens with one attached hydrogen (secondary N) is 2.